The minimum atomic E-state index is 0.381. The molecule has 0 radical (unpaired) electrons. The molecule has 2 aromatic heterocycles. The molecule has 1 aromatic carbocycles. The Balaban J connectivity index is 1.81. The lowest BCUT2D eigenvalue weighted by molar-refractivity contribution is 0.478. The number of nitrogens with one attached hydrogen (secondary N) is 2. The van der Waals surface area contributed by atoms with Crippen LogP contribution < -0.4 is 10.6 Å². The summed E-state index contributed by atoms with van der Waals surface area (Å²) >= 11 is 9.90. The van der Waals surface area contributed by atoms with Crippen molar-refractivity contribution in [2.24, 2.45) is 0 Å². The number of hydrogen-bond donors (Lipinski definition) is 2. The number of anilines is 1. The van der Waals surface area contributed by atoms with Crippen LogP contribution in [-0.2, 0) is 0 Å². The van der Waals surface area contributed by atoms with Crippen LogP contribution in [0.2, 0.25) is 5.02 Å². The van der Waals surface area contributed by atoms with Crippen molar-refractivity contribution in [1.82, 2.24) is 19.9 Å². The van der Waals surface area contributed by atoms with Crippen molar-refractivity contribution in [3.63, 3.8) is 0 Å². The highest BCUT2D eigenvalue weighted by molar-refractivity contribution is 9.10. The van der Waals surface area contributed by atoms with Crippen molar-refractivity contribution < 1.29 is 0 Å². The molecule has 0 saturated carbocycles. The predicted molar refractivity (Wildman–Crippen MR) is 101 cm³/mol. The lowest BCUT2D eigenvalue weighted by Gasteiger charge is -2.25. The molecule has 24 heavy (non-hydrogen) atoms. The summed E-state index contributed by atoms with van der Waals surface area (Å²) in [5.74, 6) is 0.925. The molecule has 5 nitrogen and oxygen atoms in total. The summed E-state index contributed by atoms with van der Waals surface area (Å²) in [5, 5.41) is 12.1. The van der Waals surface area contributed by atoms with Gasteiger partial charge in [-0.05, 0) is 41.4 Å². The number of rotatable bonds is 3. The van der Waals surface area contributed by atoms with Crippen molar-refractivity contribution >= 4 is 39.0 Å². The Labute approximate surface area is 153 Å². The van der Waals surface area contributed by atoms with E-state index in [1.807, 2.05) is 34.8 Å². The second kappa shape index (κ2) is 6.70. The van der Waals surface area contributed by atoms with E-state index in [1.165, 1.54) is 6.42 Å². The molecule has 1 unspecified atom stereocenters. The maximum atomic E-state index is 6.36. The Bertz CT molecular complexity index is 873. The maximum Gasteiger partial charge on any atom is 0.172 e. The number of nitrogens with zero attached hydrogens (tertiary/aromatic N) is 3. The van der Waals surface area contributed by atoms with E-state index in [-0.39, 0.29) is 0 Å². The number of benzene rings is 1. The van der Waals surface area contributed by atoms with Gasteiger partial charge in [-0.2, -0.15) is 9.61 Å². The Morgan fingerprint density at radius 1 is 1.33 bits per heavy atom. The van der Waals surface area contributed by atoms with Crippen LogP contribution in [0.4, 0.5) is 5.82 Å². The fourth-order valence-electron chi connectivity index (χ4n) is 3.03. The van der Waals surface area contributed by atoms with Crippen molar-refractivity contribution in [2.75, 3.05) is 18.4 Å². The van der Waals surface area contributed by atoms with E-state index < -0.39 is 0 Å². The summed E-state index contributed by atoms with van der Waals surface area (Å²) in [6.45, 7) is 2.04. The summed E-state index contributed by atoms with van der Waals surface area (Å²) < 4.78 is 2.69. The smallest absolute Gasteiger partial charge is 0.172 e. The number of piperidine rings is 1. The third kappa shape index (κ3) is 3.01. The molecule has 1 aliphatic rings. The molecule has 3 aromatic rings. The van der Waals surface area contributed by atoms with Crippen LogP contribution in [-0.4, -0.2) is 33.7 Å². The van der Waals surface area contributed by atoms with Crippen LogP contribution in [0.3, 0.4) is 0 Å². The maximum absolute atomic E-state index is 6.36. The Morgan fingerprint density at radius 2 is 2.21 bits per heavy atom. The average Bonchev–Trinajstić information content (AvgIpc) is 2.98. The van der Waals surface area contributed by atoms with E-state index in [2.05, 4.69) is 31.7 Å². The van der Waals surface area contributed by atoms with Gasteiger partial charge in [-0.25, -0.2) is 4.98 Å². The molecule has 0 spiro atoms. The van der Waals surface area contributed by atoms with Gasteiger partial charge in [0.2, 0.25) is 0 Å². The first-order valence-corrected chi connectivity index (χ1v) is 9.16. The van der Waals surface area contributed by atoms with Crippen molar-refractivity contribution in [2.45, 2.75) is 18.9 Å². The van der Waals surface area contributed by atoms with E-state index in [1.54, 1.807) is 6.20 Å². The molecule has 1 saturated heterocycles. The summed E-state index contributed by atoms with van der Waals surface area (Å²) in [6.07, 6.45) is 4.08. The van der Waals surface area contributed by atoms with Crippen LogP contribution in [0.25, 0.3) is 16.9 Å². The normalized spacial score (nSPS) is 18.0. The Morgan fingerprint density at radius 3 is 3.00 bits per heavy atom. The SMILES string of the molecule is Clc1ccccc1-c1cc(NC2CCCNC2)n2ncc(Br)c2n1. The van der Waals surface area contributed by atoms with Gasteiger partial charge in [0.25, 0.3) is 0 Å². The Hall–Kier alpha value is -1.63. The predicted octanol–water partition coefficient (Wildman–Crippen LogP) is 3.98. The van der Waals surface area contributed by atoms with Crippen molar-refractivity contribution in [1.29, 1.82) is 0 Å². The van der Waals surface area contributed by atoms with Gasteiger partial charge in [-0.1, -0.05) is 29.8 Å². The van der Waals surface area contributed by atoms with Gasteiger partial charge in [0.15, 0.2) is 5.65 Å². The summed E-state index contributed by atoms with van der Waals surface area (Å²) in [5.41, 5.74) is 2.53. The van der Waals surface area contributed by atoms with Crippen molar-refractivity contribution in [3.05, 3.63) is 46.0 Å². The van der Waals surface area contributed by atoms with Gasteiger partial charge in [0, 0.05) is 29.2 Å². The van der Waals surface area contributed by atoms with E-state index in [0.29, 0.717) is 11.1 Å². The van der Waals surface area contributed by atoms with Crippen LogP contribution >= 0.6 is 27.5 Å². The van der Waals surface area contributed by atoms with Crippen molar-refractivity contribution in [3.8, 4) is 11.3 Å². The van der Waals surface area contributed by atoms with Crippen LogP contribution in [0, 0.1) is 0 Å². The quantitative estimate of drug-likeness (QED) is 0.691. The lowest BCUT2D eigenvalue weighted by Crippen LogP contribution is -2.38. The molecule has 124 valence electrons. The molecule has 2 N–H and O–H groups in total. The fraction of sp³-hybridized carbons (Fsp3) is 0.294. The molecule has 1 fully saturated rings. The molecule has 0 aliphatic carbocycles. The average molecular weight is 407 g/mol. The van der Waals surface area contributed by atoms with Crippen LogP contribution in [0.5, 0.6) is 0 Å². The van der Waals surface area contributed by atoms with Gasteiger partial charge in [0.1, 0.15) is 5.82 Å². The third-order valence-corrected chi connectivity index (χ3v) is 5.12. The van der Waals surface area contributed by atoms with Gasteiger partial charge in [-0.15, -0.1) is 0 Å². The Kier molecular flexibility index (Phi) is 4.43. The second-order valence-electron chi connectivity index (χ2n) is 5.92. The van der Waals surface area contributed by atoms with Gasteiger partial charge >= 0.3 is 0 Å². The highest BCUT2D eigenvalue weighted by atomic mass is 79.9. The molecule has 1 atom stereocenters. The minimum Gasteiger partial charge on any atom is -0.366 e. The summed E-state index contributed by atoms with van der Waals surface area (Å²) in [4.78, 5) is 4.73. The number of fused-ring (bicyclic) bond motifs is 1. The van der Waals surface area contributed by atoms with E-state index in [9.17, 15) is 0 Å². The van der Waals surface area contributed by atoms with Gasteiger partial charge in [-0.3, -0.25) is 0 Å². The molecule has 1 aliphatic heterocycles. The zero-order valence-corrected chi connectivity index (χ0v) is 15.3. The fourth-order valence-corrected chi connectivity index (χ4v) is 3.61. The molecular weight excluding hydrogens is 390 g/mol. The first-order valence-electron chi connectivity index (χ1n) is 7.99. The third-order valence-electron chi connectivity index (χ3n) is 4.23. The molecule has 3 heterocycles. The van der Waals surface area contributed by atoms with Crippen LogP contribution in [0.1, 0.15) is 12.8 Å². The largest absolute Gasteiger partial charge is 0.366 e. The lowest BCUT2D eigenvalue weighted by atomic mass is 10.1. The topological polar surface area (TPSA) is 54.2 Å². The monoisotopic (exact) mass is 405 g/mol. The molecular formula is C17H17BrClN5. The van der Waals surface area contributed by atoms with E-state index in [4.69, 9.17) is 16.6 Å². The zero-order valence-electron chi connectivity index (χ0n) is 13.0. The summed E-state index contributed by atoms with van der Waals surface area (Å²) in [7, 11) is 0. The first-order chi connectivity index (χ1) is 11.7. The highest BCUT2D eigenvalue weighted by Gasteiger charge is 2.17. The molecule has 0 amide bonds. The molecule has 0 bridgehead atoms. The highest BCUT2D eigenvalue weighted by Crippen LogP contribution is 2.30. The van der Waals surface area contributed by atoms with E-state index >= 15 is 0 Å². The molecule has 7 heteroatoms. The van der Waals surface area contributed by atoms with Gasteiger partial charge < -0.3 is 10.6 Å². The number of aromatic nitrogens is 3. The number of halogens is 2. The minimum absolute atomic E-state index is 0.381. The van der Waals surface area contributed by atoms with Gasteiger partial charge in [0.05, 0.1) is 16.4 Å². The second-order valence-corrected chi connectivity index (χ2v) is 7.18. The molecule has 4 rings (SSSR count). The van der Waals surface area contributed by atoms with E-state index in [0.717, 1.165) is 46.7 Å². The number of hydrogen-bond acceptors (Lipinski definition) is 4. The zero-order chi connectivity index (χ0) is 16.5. The summed E-state index contributed by atoms with van der Waals surface area (Å²) in [6, 6.07) is 10.2. The standard InChI is InChI=1S/C17H17BrClN5/c18-13-10-21-24-16(22-11-4-3-7-20-9-11)8-15(23-17(13)24)12-5-1-2-6-14(12)19/h1-2,5-6,8,10-11,20,22H,3-4,7,9H2. The van der Waals surface area contributed by atoms with Crippen LogP contribution in [0.15, 0.2) is 41.0 Å². The first kappa shape index (κ1) is 15.9.